The Morgan fingerprint density at radius 3 is 2.31 bits per heavy atom. The molecular formula is C38H34N10O3. The fraction of sp³-hybridized carbons (Fsp3) is 0.158. The van der Waals surface area contributed by atoms with Crippen molar-refractivity contribution in [1.29, 1.82) is 5.26 Å². The number of ketones is 1. The van der Waals surface area contributed by atoms with Crippen LogP contribution in [0.3, 0.4) is 0 Å². The second-order valence-corrected chi connectivity index (χ2v) is 11.6. The number of aromatic nitrogens is 4. The number of anilines is 2. The van der Waals surface area contributed by atoms with Gasteiger partial charge >= 0.3 is 6.03 Å². The Morgan fingerprint density at radius 2 is 1.61 bits per heavy atom. The summed E-state index contributed by atoms with van der Waals surface area (Å²) in [4.78, 5) is 47.8. The fourth-order valence-corrected chi connectivity index (χ4v) is 5.41. The number of amides is 3. The molecule has 0 radical (unpaired) electrons. The molecule has 0 bridgehead atoms. The summed E-state index contributed by atoms with van der Waals surface area (Å²) in [6.07, 6.45) is 2.62. The number of nitrogens with one attached hydrogen (secondary N) is 3. The molecular weight excluding hydrogens is 644 g/mol. The third-order valence-electron chi connectivity index (χ3n) is 8.27. The first-order chi connectivity index (χ1) is 24.7. The van der Waals surface area contributed by atoms with Gasteiger partial charge in [0.1, 0.15) is 6.04 Å². The van der Waals surface area contributed by atoms with Crippen molar-refractivity contribution in [1.82, 2.24) is 30.8 Å². The van der Waals surface area contributed by atoms with Gasteiger partial charge in [-0.25, -0.2) is 9.79 Å². The number of benzene rings is 4. The first kappa shape index (κ1) is 33.9. The Balaban J connectivity index is 1.23. The molecule has 0 aliphatic heterocycles. The lowest BCUT2D eigenvalue weighted by Crippen LogP contribution is -2.38. The van der Waals surface area contributed by atoms with E-state index in [1.54, 1.807) is 31.2 Å². The summed E-state index contributed by atoms with van der Waals surface area (Å²) in [7, 11) is 0. The molecule has 0 fully saturated rings. The molecule has 1 aliphatic carbocycles. The number of rotatable bonds is 10. The average molecular weight is 679 g/mol. The van der Waals surface area contributed by atoms with Crippen molar-refractivity contribution in [2.24, 2.45) is 4.99 Å². The molecule has 51 heavy (non-hydrogen) atoms. The molecule has 1 aliphatic rings. The first-order valence-corrected chi connectivity index (χ1v) is 16.3. The van der Waals surface area contributed by atoms with Crippen LogP contribution in [0.4, 0.5) is 21.9 Å². The van der Waals surface area contributed by atoms with Crippen LogP contribution in [0, 0.1) is 11.3 Å². The van der Waals surface area contributed by atoms with Gasteiger partial charge in [-0.2, -0.15) is 10.1 Å². The number of carbonyl (C=O) groups excluding carboxylic acids is 3. The molecule has 0 saturated heterocycles. The quantitative estimate of drug-likeness (QED) is 0.155. The Morgan fingerprint density at radius 1 is 0.882 bits per heavy atom. The molecule has 5 aromatic rings. The van der Waals surface area contributed by atoms with Crippen molar-refractivity contribution in [2.45, 2.75) is 26.8 Å². The smallest absolute Gasteiger partial charge is 0.323 e. The number of carbonyl (C=O) groups is 3. The standard InChI is InChI=1S/C38H34N10O3/c1-4-47(5-2)31-18-16-29(17-19-31)40-32-21-34(43-38(51)41-30-14-10-25(23-39)11-15-30)35(49)22-33(32)42-37(50)24(3)48-45-36(44-46-48)28-13-12-26-8-6-7-9-27(26)20-28/h6-22,24H,4-5H2,1-3H3,(H,42,50)(H2,41,43,51). The van der Waals surface area contributed by atoms with E-state index in [4.69, 9.17) is 10.3 Å². The molecule has 1 unspecified atom stereocenters. The molecule has 13 nitrogen and oxygen atoms in total. The van der Waals surface area contributed by atoms with Crippen LogP contribution in [-0.4, -0.2) is 56.7 Å². The van der Waals surface area contributed by atoms with Crippen LogP contribution in [0.1, 0.15) is 32.4 Å². The lowest BCUT2D eigenvalue weighted by molar-refractivity contribution is -0.123. The summed E-state index contributed by atoms with van der Waals surface area (Å²) in [5, 5.41) is 31.9. The minimum atomic E-state index is -0.904. The molecule has 3 amide bonds. The van der Waals surface area contributed by atoms with Gasteiger partial charge in [0.2, 0.25) is 11.6 Å². The summed E-state index contributed by atoms with van der Waals surface area (Å²) in [5.41, 5.74) is 3.55. The highest BCUT2D eigenvalue weighted by Crippen LogP contribution is 2.24. The number of aliphatic imine (C=N–C) groups is 1. The largest absolute Gasteiger partial charge is 0.372 e. The molecule has 6 rings (SSSR count). The first-order valence-electron chi connectivity index (χ1n) is 16.3. The van der Waals surface area contributed by atoms with Crippen LogP contribution in [0.2, 0.25) is 0 Å². The summed E-state index contributed by atoms with van der Waals surface area (Å²) < 4.78 is 0. The number of hydrogen-bond acceptors (Lipinski definition) is 9. The Bertz CT molecular complexity index is 2240. The lowest BCUT2D eigenvalue weighted by atomic mass is 10.0. The molecule has 4 aromatic carbocycles. The number of nitrogens with zero attached hydrogens (tertiary/aromatic N) is 7. The maximum absolute atomic E-state index is 13.6. The highest BCUT2D eigenvalue weighted by Gasteiger charge is 2.26. The van der Waals surface area contributed by atoms with E-state index < -0.39 is 23.8 Å². The molecule has 1 atom stereocenters. The van der Waals surface area contributed by atoms with Crippen LogP contribution in [0.5, 0.6) is 0 Å². The second kappa shape index (κ2) is 15.1. The molecule has 1 heterocycles. The summed E-state index contributed by atoms with van der Waals surface area (Å²) in [5.74, 6) is -0.702. The number of urea groups is 1. The number of fused-ring (bicyclic) bond motifs is 1. The van der Waals surface area contributed by atoms with Gasteiger partial charge in [0, 0.05) is 36.1 Å². The highest BCUT2D eigenvalue weighted by molar-refractivity contribution is 6.24. The van der Waals surface area contributed by atoms with E-state index >= 15 is 0 Å². The predicted molar refractivity (Wildman–Crippen MR) is 195 cm³/mol. The van der Waals surface area contributed by atoms with Gasteiger partial charge in [0.15, 0.2) is 0 Å². The van der Waals surface area contributed by atoms with Gasteiger partial charge in [0.25, 0.3) is 5.91 Å². The van der Waals surface area contributed by atoms with E-state index in [0.717, 1.165) is 35.1 Å². The van der Waals surface area contributed by atoms with Gasteiger partial charge in [-0.1, -0.05) is 36.4 Å². The van der Waals surface area contributed by atoms with E-state index in [1.165, 1.54) is 16.9 Å². The van der Waals surface area contributed by atoms with Crippen molar-refractivity contribution in [3.63, 3.8) is 0 Å². The van der Waals surface area contributed by atoms with Crippen LogP contribution < -0.4 is 20.9 Å². The molecule has 1 aromatic heterocycles. The van der Waals surface area contributed by atoms with Crippen LogP contribution in [0.15, 0.2) is 120 Å². The van der Waals surface area contributed by atoms with Crippen molar-refractivity contribution in [2.75, 3.05) is 23.3 Å². The monoisotopic (exact) mass is 678 g/mol. The maximum Gasteiger partial charge on any atom is 0.323 e. The molecule has 0 saturated carbocycles. The topological polar surface area (TPSA) is 170 Å². The SMILES string of the molecule is CCN(CC)c1ccc(N=C2C=C(NC(=O)Nc3ccc(C#N)cc3)C(=O)C=C2NC(=O)C(C)n2nnc(-c3ccc4ccccc4c3)n2)cc1. The summed E-state index contributed by atoms with van der Waals surface area (Å²) in [6.45, 7) is 7.46. The summed E-state index contributed by atoms with van der Waals surface area (Å²) >= 11 is 0. The zero-order valence-corrected chi connectivity index (χ0v) is 28.2. The van der Waals surface area contributed by atoms with Gasteiger partial charge < -0.3 is 20.9 Å². The minimum Gasteiger partial charge on any atom is -0.372 e. The second-order valence-electron chi connectivity index (χ2n) is 11.6. The predicted octanol–water partition coefficient (Wildman–Crippen LogP) is 5.83. The Labute approximate surface area is 294 Å². The maximum atomic E-state index is 13.6. The molecule has 13 heteroatoms. The van der Waals surface area contributed by atoms with E-state index in [0.29, 0.717) is 22.8 Å². The average Bonchev–Trinajstić information content (AvgIpc) is 3.65. The Kier molecular flexibility index (Phi) is 10.0. The molecule has 3 N–H and O–H groups in total. The zero-order chi connectivity index (χ0) is 35.9. The molecule has 0 spiro atoms. The highest BCUT2D eigenvalue weighted by atomic mass is 16.2. The van der Waals surface area contributed by atoms with Crippen molar-refractivity contribution >= 4 is 51.3 Å². The number of tetrazole rings is 1. The van der Waals surface area contributed by atoms with Crippen LogP contribution in [0.25, 0.3) is 22.2 Å². The van der Waals surface area contributed by atoms with Crippen molar-refractivity contribution in [3.05, 3.63) is 120 Å². The van der Waals surface area contributed by atoms with Gasteiger partial charge in [-0.05, 0) is 97.4 Å². The molecule has 254 valence electrons. The summed E-state index contributed by atoms with van der Waals surface area (Å²) in [6, 6.07) is 28.0. The van der Waals surface area contributed by atoms with Crippen LogP contribution >= 0.6 is 0 Å². The minimum absolute atomic E-state index is 0.0522. The van der Waals surface area contributed by atoms with Gasteiger partial charge in [-0.15, -0.1) is 10.2 Å². The van der Waals surface area contributed by atoms with Crippen molar-refractivity contribution in [3.8, 4) is 17.5 Å². The van der Waals surface area contributed by atoms with Crippen molar-refractivity contribution < 1.29 is 14.4 Å². The number of allylic oxidation sites excluding steroid dienone is 2. The van der Waals surface area contributed by atoms with Gasteiger partial charge in [-0.3, -0.25) is 9.59 Å². The third kappa shape index (κ3) is 7.87. The lowest BCUT2D eigenvalue weighted by Gasteiger charge is -2.21. The normalized spacial score (nSPS) is 13.9. The van der Waals surface area contributed by atoms with Crippen LogP contribution in [-0.2, 0) is 9.59 Å². The van der Waals surface area contributed by atoms with E-state index in [2.05, 4.69) is 50.1 Å². The fourth-order valence-electron chi connectivity index (χ4n) is 5.41. The van der Waals surface area contributed by atoms with E-state index in [9.17, 15) is 14.4 Å². The zero-order valence-electron chi connectivity index (χ0n) is 28.2. The van der Waals surface area contributed by atoms with E-state index in [-0.39, 0.29) is 17.1 Å². The van der Waals surface area contributed by atoms with Gasteiger partial charge in [0.05, 0.1) is 34.4 Å². The number of hydrogen-bond donors (Lipinski definition) is 3. The number of nitriles is 1. The Hall–Kier alpha value is -6.94. The van der Waals surface area contributed by atoms with E-state index in [1.807, 2.05) is 72.8 Å². The third-order valence-corrected chi connectivity index (χ3v) is 8.27.